The second kappa shape index (κ2) is 5.52. The lowest BCUT2D eigenvalue weighted by molar-refractivity contribution is -0.140. The van der Waals surface area contributed by atoms with E-state index in [4.69, 9.17) is 9.39 Å². The van der Waals surface area contributed by atoms with Crippen molar-refractivity contribution >= 4 is 22.3 Å². The quantitative estimate of drug-likeness (QED) is 0.387. The SMILES string of the molecule is O=C(NOC1C2CNCC21)[C@@H]1CCC2CN1C(=O)N2OS(=O)(=O)O. The van der Waals surface area contributed by atoms with Crippen molar-refractivity contribution < 1.29 is 31.7 Å². The third kappa shape index (κ3) is 2.73. The van der Waals surface area contributed by atoms with Gasteiger partial charge >= 0.3 is 16.4 Å². The first-order valence-electron chi connectivity index (χ1n) is 7.78. The molecule has 4 atom stereocenters. The smallest absolute Gasteiger partial charge is 0.316 e. The summed E-state index contributed by atoms with van der Waals surface area (Å²) >= 11 is 0. The molecule has 134 valence electrons. The molecule has 24 heavy (non-hydrogen) atoms. The van der Waals surface area contributed by atoms with Crippen molar-refractivity contribution in [3.05, 3.63) is 0 Å². The number of hydrogen-bond acceptors (Lipinski definition) is 7. The van der Waals surface area contributed by atoms with Gasteiger partial charge < -0.3 is 10.2 Å². The van der Waals surface area contributed by atoms with Crippen molar-refractivity contribution in [2.75, 3.05) is 19.6 Å². The number of piperidine rings is 2. The summed E-state index contributed by atoms with van der Waals surface area (Å²) in [5, 5.41) is 3.83. The predicted octanol–water partition coefficient (Wildman–Crippen LogP) is -1.74. The van der Waals surface area contributed by atoms with Gasteiger partial charge in [-0.3, -0.25) is 14.2 Å². The molecule has 3 heterocycles. The Balaban J connectivity index is 1.35. The van der Waals surface area contributed by atoms with E-state index in [1.165, 1.54) is 4.90 Å². The minimum absolute atomic E-state index is 0.0141. The highest BCUT2D eigenvalue weighted by Gasteiger charge is 2.55. The highest BCUT2D eigenvalue weighted by atomic mass is 32.3. The van der Waals surface area contributed by atoms with Crippen LogP contribution in [0.1, 0.15) is 12.8 Å². The first kappa shape index (κ1) is 16.0. The number of urea groups is 1. The number of fused-ring (bicyclic) bond motifs is 3. The number of amides is 3. The summed E-state index contributed by atoms with van der Waals surface area (Å²) in [6.07, 6.45) is 0.755. The van der Waals surface area contributed by atoms with Gasteiger partial charge in [0, 0.05) is 31.5 Å². The number of nitrogens with one attached hydrogen (secondary N) is 2. The number of carbonyl (C=O) groups excluding carboxylic acids is 2. The molecule has 3 N–H and O–H groups in total. The molecule has 4 rings (SSSR count). The minimum atomic E-state index is -4.79. The predicted molar refractivity (Wildman–Crippen MR) is 76.3 cm³/mol. The fourth-order valence-electron chi connectivity index (χ4n) is 3.83. The molecule has 1 aliphatic carbocycles. The van der Waals surface area contributed by atoms with Crippen molar-refractivity contribution in [1.29, 1.82) is 0 Å². The summed E-state index contributed by atoms with van der Waals surface area (Å²) in [6, 6.07) is -2.03. The Kier molecular flexibility index (Phi) is 3.69. The minimum Gasteiger partial charge on any atom is -0.316 e. The van der Waals surface area contributed by atoms with Gasteiger partial charge in [0.05, 0.1) is 12.1 Å². The zero-order chi connectivity index (χ0) is 17.1. The maximum Gasteiger partial charge on any atom is 0.418 e. The molecule has 11 nitrogen and oxygen atoms in total. The fourth-order valence-corrected chi connectivity index (χ4v) is 4.22. The van der Waals surface area contributed by atoms with Crippen LogP contribution in [0.5, 0.6) is 0 Å². The molecule has 0 aromatic rings. The monoisotopic (exact) mass is 362 g/mol. The molecule has 0 aromatic heterocycles. The van der Waals surface area contributed by atoms with Gasteiger partial charge in [-0.2, -0.15) is 13.5 Å². The van der Waals surface area contributed by atoms with Crippen LogP contribution < -0.4 is 10.8 Å². The summed E-state index contributed by atoms with van der Waals surface area (Å²) in [5.41, 5.74) is 2.42. The van der Waals surface area contributed by atoms with Crippen LogP contribution >= 0.6 is 0 Å². The second-order valence-corrected chi connectivity index (χ2v) is 7.55. The van der Waals surface area contributed by atoms with Gasteiger partial charge in [-0.25, -0.2) is 10.3 Å². The number of rotatable bonds is 5. The van der Waals surface area contributed by atoms with Crippen LogP contribution in [0.25, 0.3) is 0 Å². The summed E-state index contributed by atoms with van der Waals surface area (Å²) in [6.45, 7) is 1.91. The van der Waals surface area contributed by atoms with E-state index in [0.29, 0.717) is 29.7 Å². The molecule has 12 heteroatoms. The topological polar surface area (TPSA) is 138 Å². The van der Waals surface area contributed by atoms with E-state index < -0.39 is 34.4 Å². The maximum absolute atomic E-state index is 12.3. The van der Waals surface area contributed by atoms with Gasteiger partial charge in [-0.05, 0) is 12.8 Å². The van der Waals surface area contributed by atoms with E-state index in [1.54, 1.807) is 0 Å². The summed E-state index contributed by atoms with van der Waals surface area (Å²) in [4.78, 5) is 31.2. The third-order valence-electron chi connectivity index (χ3n) is 5.11. The van der Waals surface area contributed by atoms with Crippen molar-refractivity contribution in [3.8, 4) is 0 Å². The molecule has 4 fully saturated rings. The number of carbonyl (C=O) groups is 2. The Bertz CT molecular complexity index is 660. The van der Waals surface area contributed by atoms with Gasteiger partial charge in [0.1, 0.15) is 6.04 Å². The van der Waals surface area contributed by atoms with Crippen LogP contribution in [-0.4, -0.2) is 72.7 Å². The van der Waals surface area contributed by atoms with E-state index in [2.05, 4.69) is 15.1 Å². The zero-order valence-corrected chi connectivity index (χ0v) is 13.4. The molecular formula is C12H18N4O7S. The van der Waals surface area contributed by atoms with E-state index in [9.17, 15) is 18.0 Å². The Labute approximate surface area is 138 Å². The Hall–Kier alpha value is -1.47. The third-order valence-corrected chi connectivity index (χ3v) is 5.46. The summed E-state index contributed by atoms with van der Waals surface area (Å²) in [7, 11) is -4.79. The van der Waals surface area contributed by atoms with E-state index >= 15 is 0 Å². The van der Waals surface area contributed by atoms with Gasteiger partial charge in [0.25, 0.3) is 5.91 Å². The van der Waals surface area contributed by atoms with Crippen molar-refractivity contribution in [2.45, 2.75) is 31.0 Å². The van der Waals surface area contributed by atoms with Crippen LogP contribution in [0.2, 0.25) is 0 Å². The highest BCUT2D eigenvalue weighted by molar-refractivity contribution is 7.80. The summed E-state index contributed by atoms with van der Waals surface area (Å²) in [5.74, 6) is 0.412. The molecule has 3 unspecified atom stereocenters. The fraction of sp³-hybridized carbons (Fsp3) is 0.833. The molecule has 0 aromatic carbocycles. The van der Waals surface area contributed by atoms with Crippen LogP contribution in [0.3, 0.4) is 0 Å². The largest absolute Gasteiger partial charge is 0.418 e. The van der Waals surface area contributed by atoms with Crippen LogP contribution in [0, 0.1) is 11.8 Å². The molecule has 3 aliphatic heterocycles. The summed E-state index contributed by atoms with van der Waals surface area (Å²) < 4.78 is 34.7. The van der Waals surface area contributed by atoms with Gasteiger partial charge in [-0.15, -0.1) is 4.28 Å². The van der Waals surface area contributed by atoms with Crippen LogP contribution in [-0.2, 0) is 24.3 Å². The molecule has 0 spiro atoms. The van der Waals surface area contributed by atoms with Crippen LogP contribution in [0.15, 0.2) is 0 Å². The lowest BCUT2D eigenvalue weighted by Gasteiger charge is -2.29. The van der Waals surface area contributed by atoms with E-state index in [-0.39, 0.29) is 12.6 Å². The van der Waals surface area contributed by atoms with Crippen molar-refractivity contribution in [3.63, 3.8) is 0 Å². The molecule has 3 saturated heterocycles. The lowest BCUT2D eigenvalue weighted by atomic mass is 10.0. The lowest BCUT2D eigenvalue weighted by Crippen LogP contribution is -2.50. The first-order valence-corrected chi connectivity index (χ1v) is 9.15. The number of nitrogens with zero attached hydrogens (tertiary/aromatic N) is 2. The average Bonchev–Trinajstić information content (AvgIpc) is 2.86. The molecule has 3 amide bonds. The Morgan fingerprint density at radius 2 is 2.00 bits per heavy atom. The van der Waals surface area contributed by atoms with E-state index in [0.717, 1.165) is 13.1 Å². The average molecular weight is 362 g/mol. The van der Waals surface area contributed by atoms with Crippen molar-refractivity contribution in [1.82, 2.24) is 20.8 Å². The molecule has 1 saturated carbocycles. The van der Waals surface area contributed by atoms with Gasteiger partial charge in [-0.1, -0.05) is 0 Å². The molecule has 2 bridgehead atoms. The van der Waals surface area contributed by atoms with E-state index in [1.807, 2.05) is 0 Å². The standard InChI is InChI=1S/C12H18N4O7S/c17-11(14-22-10-7-3-13-4-8(7)10)9-2-1-6-5-15(9)12(18)16(6)23-24(19,20)21/h6-10,13H,1-5H2,(H,14,17)(H,19,20,21)/t6?,7?,8?,9-,10?/m0/s1. The Morgan fingerprint density at radius 1 is 1.29 bits per heavy atom. The van der Waals surface area contributed by atoms with Gasteiger partial charge in [0.15, 0.2) is 0 Å². The normalized spacial score (nSPS) is 37.5. The second-order valence-electron chi connectivity index (χ2n) is 6.54. The van der Waals surface area contributed by atoms with Crippen molar-refractivity contribution in [2.24, 2.45) is 11.8 Å². The number of hydrogen-bond donors (Lipinski definition) is 3. The zero-order valence-electron chi connectivity index (χ0n) is 12.6. The van der Waals surface area contributed by atoms with Crippen LogP contribution in [0.4, 0.5) is 4.79 Å². The molecule has 0 radical (unpaired) electrons. The highest BCUT2D eigenvalue weighted by Crippen LogP contribution is 2.43. The molecule has 4 aliphatic rings. The number of hydroxylamine groups is 3. The van der Waals surface area contributed by atoms with Gasteiger partial charge in [0.2, 0.25) is 0 Å². The Morgan fingerprint density at radius 3 is 2.67 bits per heavy atom. The maximum atomic E-state index is 12.3. The first-order chi connectivity index (χ1) is 11.3. The molecular weight excluding hydrogens is 344 g/mol.